The number of halogens is 3. The van der Waals surface area contributed by atoms with Crippen molar-refractivity contribution < 1.29 is 13.2 Å². The minimum absolute atomic E-state index is 0.134. The molecule has 0 aliphatic heterocycles. The fourth-order valence-corrected chi connectivity index (χ4v) is 6.69. The van der Waals surface area contributed by atoms with Gasteiger partial charge in [-0.25, -0.2) is 13.8 Å². The van der Waals surface area contributed by atoms with Crippen LogP contribution in [0.1, 0.15) is 43.7 Å². The van der Waals surface area contributed by atoms with E-state index in [0.29, 0.717) is 23.8 Å². The molecule has 1 heterocycles. The lowest BCUT2D eigenvalue weighted by molar-refractivity contribution is 0.0281. The lowest BCUT2D eigenvalue weighted by Crippen LogP contribution is -2.43. The highest BCUT2D eigenvalue weighted by Crippen LogP contribution is 2.30. The topological polar surface area (TPSA) is 37.7 Å². The van der Waals surface area contributed by atoms with Gasteiger partial charge in [-0.3, -0.25) is 0 Å². The summed E-state index contributed by atoms with van der Waals surface area (Å²) >= 11 is 6.44. The first-order valence-electron chi connectivity index (χ1n) is 9.83. The van der Waals surface area contributed by atoms with Crippen molar-refractivity contribution >= 4 is 19.9 Å². The van der Waals surface area contributed by atoms with Crippen molar-refractivity contribution in [2.75, 3.05) is 6.54 Å². The van der Waals surface area contributed by atoms with E-state index in [2.05, 4.69) is 31.1 Å². The number of hydrogen-bond acceptors (Lipinski definition) is 2. The summed E-state index contributed by atoms with van der Waals surface area (Å²) in [5, 5.41) is 3.77. The molecule has 1 unspecified atom stereocenters. The van der Waals surface area contributed by atoms with Crippen molar-refractivity contribution in [2.24, 2.45) is 0 Å². The van der Waals surface area contributed by atoms with Gasteiger partial charge in [0.2, 0.25) is 0 Å². The Balaban J connectivity index is 2.20. The lowest BCUT2D eigenvalue weighted by Gasteiger charge is -2.29. The Bertz CT molecular complexity index is 758. The van der Waals surface area contributed by atoms with Gasteiger partial charge in [-0.2, -0.15) is 0 Å². The highest BCUT2D eigenvalue weighted by molar-refractivity contribution is 6.72. The number of benzene rings is 1. The van der Waals surface area contributed by atoms with E-state index >= 15 is 0 Å². The van der Waals surface area contributed by atoms with Gasteiger partial charge in [-0.15, -0.1) is 0 Å². The summed E-state index contributed by atoms with van der Waals surface area (Å²) in [7, 11) is -1.77. The standard InChI is InChI=1S/C21H29ClF2N2OSi/c1-5-28(6-2,7-3)27-20(19-9-8-15(4)26-21(19)22)14-25-13-16-10-17(23)12-18(24)11-16/h8-12,20,25H,5-7,13-14H2,1-4H3/p+1. The third-order valence-electron chi connectivity index (χ3n) is 5.37. The van der Waals surface area contributed by atoms with Gasteiger partial charge in [-0.1, -0.05) is 32.4 Å². The molecule has 0 bridgehead atoms. The number of nitrogens with one attached hydrogen (secondary N) is 1. The molecule has 0 saturated carbocycles. The highest BCUT2D eigenvalue weighted by Gasteiger charge is 2.41. The predicted molar refractivity (Wildman–Crippen MR) is 114 cm³/mol. The number of pyridine rings is 1. The molecular weight excluding hydrogens is 398 g/mol. The molecule has 1 aromatic carbocycles. The molecule has 7 heteroatoms. The van der Waals surface area contributed by atoms with Crippen LogP contribution in [-0.2, 0) is 6.54 Å². The Morgan fingerprint density at radius 2 is 1.68 bits per heavy atom. The second-order valence-electron chi connectivity index (χ2n) is 7.17. The lowest BCUT2D eigenvalue weighted by atomic mass is 10.1. The molecule has 2 aromatic rings. The maximum Gasteiger partial charge on any atom is 0.384 e. The van der Waals surface area contributed by atoms with E-state index in [4.69, 9.17) is 16.0 Å². The number of aromatic nitrogens is 1. The maximum atomic E-state index is 13.4. The molecule has 0 aliphatic carbocycles. The van der Waals surface area contributed by atoms with Crippen LogP contribution in [0.3, 0.4) is 0 Å². The van der Waals surface area contributed by atoms with E-state index in [1.807, 2.05) is 19.1 Å². The van der Waals surface area contributed by atoms with Gasteiger partial charge in [0.1, 0.15) is 16.8 Å². The van der Waals surface area contributed by atoms with Gasteiger partial charge in [0, 0.05) is 36.4 Å². The monoisotopic (exact) mass is 427 g/mol. The molecule has 28 heavy (non-hydrogen) atoms. The first kappa shape index (κ1) is 22.9. The molecule has 0 aliphatic rings. The molecule has 154 valence electrons. The highest BCUT2D eigenvalue weighted by atomic mass is 35.5. The molecule has 1 aromatic heterocycles. The summed E-state index contributed by atoms with van der Waals surface area (Å²) in [5.41, 5.74) is 2.33. The number of hydrogen-bond donors (Lipinski definition) is 1. The molecule has 0 fully saturated rings. The van der Waals surface area contributed by atoms with Crippen LogP contribution in [0.2, 0.25) is 23.3 Å². The SMILES string of the molecule is CC[Si](CC)(CC)[OH+]C(CNCc1cc(F)cc(F)c1)c1ccc(C)nc1Cl. The summed E-state index contributed by atoms with van der Waals surface area (Å²) in [5.74, 6) is -1.14. The fraction of sp³-hybridized carbons (Fsp3) is 0.476. The number of aliphatic hydroxyl groups is 1. The van der Waals surface area contributed by atoms with Crippen LogP contribution in [0.5, 0.6) is 0 Å². The summed E-state index contributed by atoms with van der Waals surface area (Å²) in [6, 6.07) is 10.7. The largest absolute Gasteiger partial charge is 0.524 e. The van der Waals surface area contributed by atoms with Crippen LogP contribution in [0.15, 0.2) is 30.3 Å². The van der Waals surface area contributed by atoms with E-state index in [-0.39, 0.29) is 6.10 Å². The zero-order valence-electron chi connectivity index (χ0n) is 17.0. The van der Waals surface area contributed by atoms with Gasteiger partial charge >= 0.3 is 8.32 Å². The molecule has 0 radical (unpaired) electrons. The number of nitrogens with zero attached hydrogens (tertiary/aromatic N) is 1. The quantitative estimate of drug-likeness (QED) is 0.300. The van der Waals surface area contributed by atoms with E-state index in [1.165, 1.54) is 12.1 Å². The second kappa shape index (κ2) is 10.4. The zero-order valence-corrected chi connectivity index (χ0v) is 18.8. The second-order valence-corrected chi connectivity index (χ2v) is 12.4. The maximum absolute atomic E-state index is 13.4. The van der Waals surface area contributed by atoms with Crippen molar-refractivity contribution in [2.45, 2.75) is 58.5 Å². The summed E-state index contributed by atoms with van der Waals surface area (Å²) in [4.78, 5) is 4.39. The van der Waals surface area contributed by atoms with Crippen molar-refractivity contribution in [3.8, 4) is 0 Å². The van der Waals surface area contributed by atoms with Crippen LogP contribution in [0, 0.1) is 18.6 Å². The van der Waals surface area contributed by atoms with Crippen LogP contribution in [0.4, 0.5) is 8.78 Å². The van der Waals surface area contributed by atoms with E-state index < -0.39 is 20.0 Å². The minimum atomic E-state index is -1.77. The van der Waals surface area contributed by atoms with Crippen molar-refractivity contribution in [3.05, 3.63) is 63.9 Å². The van der Waals surface area contributed by atoms with Crippen LogP contribution >= 0.6 is 11.6 Å². The summed E-state index contributed by atoms with van der Waals surface area (Å²) in [6.07, 6.45) is -0.134. The Labute approximate surface area is 172 Å². The number of aryl methyl sites for hydroxylation is 1. The Hall–Kier alpha value is -1.34. The van der Waals surface area contributed by atoms with Crippen LogP contribution in [0.25, 0.3) is 0 Å². The van der Waals surface area contributed by atoms with Gasteiger partial charge < -0.3 is 9.74 Å². The van der Waals surface area contributed by atoms with Crippen LogP contribution < -0.4 is 5.32 Å². The predicted octanol–water partition coefficient (Wildman–Crippen LogP) is 5.69. The molecule has 0 spiro atoms. The smallest absolute Gasteiger partial charge is 0.384 e. The van der Waals surface area contributed by atoms with Gasteiger partial charge in [0.15, 0.2) is 6.10 Å². The molecule has 2 N–H and O–H groups in total. The summed E-state index contributed by atoms with van der Waals surface area (Å²) < 4.78 is 32.1. The molecular formula is C21H30ClF2N2OSi+. The average molecular weight is 428 g/mol. The van der Waals surface area contributed by atoms with Gasteiger partial charge in [-0.05, 0) is 36.8 Å². The van der Waals surface area contributed by atoms with E-state index in [9.17, 15) is 8.78 Å². The first-order chi connectivity index (χ1) is 13.3. The average Bonchev–Trinajstić information content (AvgIpc) is 2.64. The fourth-order valence-electron chi connectivity index (χ4n) is 3.43. The number of rotatable bonds is 10. The molecule has 0 amide bonds. The van der Waals surface area contributed by atoms with E-state index in [1.54, 1.807) is 0 Å². The first-order valence-corrected chi connectivity index (χ1v) is 12.8. The third-order valence-corrected chi connectivity index (χ3v) is 10.5. The molecule has 2 rings (SSSR count). The van der Waals surface area contributed by atoms with Crippen molar-refractivity contribution in [1.82, 2.24) is 10.3 Å². The Morgan fingerprint density at radius 1 is 1.07 bits per heavy atom. The Morgan fingerprint density at radius 3 is 2.21 bits per heavy atom. The molecule has 3 nitrogen and oxygen atoms in total. The van der Waals surface area contributed by atoms with Gasteiger partial charge in [0.05, 0.1) is 12.1 Å². The normalized spacial score (nSPS) is 13.0. The van der Waals surface area contributed by atoms with Crippen molar-refractivity contribution in [3.63, 3.8) is 0 Å². The zero-order chi connectivity index (χ0) is 20.7. The molecule has 1 atom stereocenters. The van der Waals surface area contributed by atoms with Gasteiger partial charge in [0.25, 0.3) is 0 Å². The minimum Gasteiger partial charge on any atom is -0.524 e. The molecule has 0 saturated heterocycles. The van der Waals surface area contributed by atoms with Crippen LogP contribution in [-0.4, -0.2) is 24.3 Å². The summed E-state index contributed by atoms with van der Waals surface area (Å²) in [6.45, 7) is 9.42. The van der Waals surface area contributed by atoms with E-state index in [0.717, 1.165) is 35.5 Å². The van der Waals surface area contributed by atoms with Crippen molar-refractivity contribution in [1.29, 1.82) is 0 Å². The Kier molecular flexibility index (Phi) is 8.55. The third kappa shape index (κ3) is 6.08.